The van der Waals surface area contributed by atoms with Crippen LogP contribution in [0.5, 0.6) is 0 Å². The molecular formula is C59H35N3O2. The molecule has 14 rings (SSSR count). The van der Waals surface area contributed by atoms with Gasteiger partial charge in [0, 0.05) is 54.6 Å². The number of aromatic nitrogens is 3. The maximum absolute atomic E-state index is 6.94. The molecule has 0 fully saturated rings. The first-order chi connectivity index (χ1) is 31.6. The van der Waals surface area contributed by atoms with Crippen LogP contribution in [-0.4, -0.2) is 14.5 Å². The van der Waals surface area contributed by atoms with E-state index in [0.717, 1.165) is 99.6 Å². The summed E-state index contributed by atoms with van der Waals surface area (Å²) in [5.41, 5.74) is 12.1. The van der Waals surface area contributed by atoms with Crippen LogP contribution < -0.4 is 0 Å². The Morgan fingerprint density at radius 2 is 0.953 bits per heavy atom. The van der Waals surface area contributed by atoms with E-state index in [1.165, 1.54) is 37.7 Å². The summed E-state index contributed by atoms with van der Waals surface area (Å²) < 4.78 is 15.8. The maximum Gasteiger partial charge on any atom is 0.160 e. The third-order valence-electron chi connectivity index (χ3n) is 13.3. The molecule has 0 bridgehead atoms. The molecule has 0 saturated heterocycles. The molecule has 0 unspecified atom stereocenters. The molecule has 0 N–H and O–H groups in total. The number of furan rings is 2. The first kappa shape index (κ1) is 35.1. The van der Waals surface area contributed by atoms with Gasteiger partial charge in [0.25, 0.3) is 0 Å². The van der Waals surface area contributed by atoms with E-state index in [0.29, 0.717) is 5.82 Å². The van der Waals surface area contributed by atoms with Gasteiger partial charge in [0.05, 0.1) is 28.1 Å². The van der Waals surface area contributed by atoms with Gasteiger partial charge < -0.3 is 13.4 Å². The Bertz CT molecular complexity index is 4190. The van der Waals surface area contributed by atoms with Gasteiger partial charge in [0.2, 0.25) is 0 Å². The van der Waals surface area contributed by atoms with Crippen LogP contribution in [0, 0.1) is 6.92 Å². The van der Waals surface area contributed by atoms with E-state index >= 15 is 0 Å². The molecule has 0 radical (unpaired) electrons. The highest BCUT2D eigenvalue weighted by Crippen LogP contribution is 2.45. The molecule has 10 aromatic carbocycles. The van der Waals surface area contributed by atoms with Crippen molar-refractivity contribution in [3.05, 3.63) is 200 Å². The van der Waals surface area contributed by atoms with Crippen molar-refractivity contribution in [1.82, 2.24) is 14.5 Å². The summed E-state index contributed by atoms with van der Waals surface area (Å²) in [5.74, 6) is 0.652. The van der Waals surface area contributed by atoms with Gasteiger partial charge in [0.15, 0.2) is 11.4 Å². The molecule has 4 heterocycles. The SMILES string of the molecule is Cc1c(-c2cc(-n3c4cc5ccccc5cc4c4cc5ccccc5cc43)c3oc4ccccc4c3c2)nc(-c2ccc3ccccc3c2)nc1-c1cccc2oc3ccccc3c12. The maximum atomic E-state index is 6.94. The molecule has 64 heavy (non-hydrogen) atoms. The van der Waals surface area contributed by atoms with Crippen LogP contribution in [0.15, 0.2) is 203 Å². The lowest BCUT2D eigenvalue weighted by Crippen LogP contribution is -2.02. The molecule has 0 aliphatic carbocycles. The second-order valence-electron chi connectivity index (χ2n) is 16.9. The van der Waals surface area contributed by atoms with E-state index in [-0.39, 0.29) is 0 Å². The zero-order valence-corrected chi connectivity index (χ0v) is 34.6. The summed E-state index contributed by atoms with van der Waals surface area (Å²) in [5, 5.41) is 13.6. The van der Waals surface area contributed by atoms with E-state index in [4.69, 9.17) is 18.8 Å². The molecule has 4 aromatic heterocycles. The van der Waals surface area contributed by atoms with Crippen LogP contribution in [0.25, 0.3) is 138 Å². The second-order valence-corrected chi connectivity index (χ2v) is 16.9. The second kappa shape index (κ2) is 13.2. The average molecular weight is 818 g/mol. The molecule has 0 aliphatic rings. The fraction of sp³-hybridized carbons (Fsp3) is 0.0169. The monoisotopic (exact) mass is 817 g/mol. The lowest BCUT2D eigenvalue weighted by Gasteiger charge is -2.16. The van der Waals surface area contributed by atoms with Crippen LogP contribution in [0.2, 0.25) is 0 Å². The summed E-state index contributed by atoms with van der Waals surface area (Å²) >= 11 is 0. The third kappa shape index (κ3) is 5.12. The zero-order valence-electron chi connectivity index (χ0n) is 34.6. The quantitative estimate of drug-likeness (QED) is 0.177. The number of fused-ring (bicyclic) bond motifs is 12. The van der Waals surface area contributed by atoms with E-state index in [9.17, 15) is 0 Å². The Morgan fingerprint density at radius 3 is 1.66 bits per heavy atom. The number of rotatable bonds is 4. The summed E-state index contributed by atoms with van der Waals surface area (Å²) in [6.45, 7) is 2.16. The fourth-order valence-corrected chi connectivity index (χ4v) is 10.2. The Balaban J connectivity index is 1.12. The first-order valence-electron chi connectivity index (χ1n) is 21.7. The topological polar surface area (TPSA) is 57.0 Å². The van der Waals surface area contributed by atoms with Crippen molar-refractivity contribution in [2.75, 3.05) is 0 Å². The van der Waals surface area contributed by atoms with Crippen LogP contribution in [-0.2, 0) is 0 Å². The molecule has 0 saturated carbocycles. The van der Waals surface area contributed by atoms with Gasteiger partial charge in [-0.2, -0.15) is 0 Å². The molecule has 0 amide bonds. The Morgan fingerprint density at radius 1 is 0.391 bits per heavy atom. The highest BCUT2D eigenvalue weighted by molar-refractivity contribution is 6.19. The van der Waals surface area contributed by atoms with Crippen molar-refractivity contribution in [2.24, 2.45) is 0 Å². The van der Waals surface area contributed by atoms with Crippen molar-refractivity contribution in [3.8, 4) is 39.6 Å². The summed E-state index contributed by atoms with van der Waals surface area (Å²) in [4.78, 5) is 11.0. The first-order valence-corrected chi connectivity index (χ1v) is 21.7. The van der Waals surface area contributed by atoms with Crippen molar-refractivity contribution in [1.29, 1.82) is 0 Å². The van der Waals surface area contributed by atoms with Gasteiger partial charge in [-0.05, 0) is 99.9 Å². The number of hydrogen-bond donors (Lipinski definition) is 0. The number of para-hydroxylation sites is 2. The Kier molecular flexibility index (Phi) is 7.26. The van der Waals surface area contributed by atoms with Gasteiger partial charge in [0.1, 0.15) is 16.7 Å². The normalized spacial score (nSPS) is 12.1. The highest BCUT2D eigenvalue weighted by atomic mass is 16.3. The van der Waals surface area contributed by atoms with E-state index in [2.05, 4.69) is 181 Å². The van der Waals surface area contributed by atoms with Gasteiger partial charge in [-0.1, -0.05) is 133 Å². The molecular weight excluding hydrogens is 783 g/mol. The van der Waals surface area contributed by atoms with Crippen LogP contribution in [0.3, 0.4) is 0 Å². The highest BCUT2D eigenvalue weighted by Gasteiger charge is 2.24. The average Bonchev–Trinajstić information content (AvgIpc) is 4.01. The van der Waals surface area contributed by atoms with Gasteiger partial charge >= 0.3 is 0 Å². The lowest BCUT2D eigenvalue weighted by atomic mass is 9.96. The Hall–Kier alpha value is -8.54. The van der Waals surface area contributed by atoms with Crippen molar-refractivity contribution in [2.45, 2.75) is 6.92 Å². The number of benzene rings is 10. The Labute approximate surface area is 366 Å². The predicted octanol–water partition coefficient (Wildman–Crippen LogP) is 16.1. The standard InChI is InChI=1S/C59H35N3O2/c1-34-56(60-59(41-26-25-35-13-2-3-14-36(35)27-41)61-57(34)45-21-12-24-54-55(45)44-20-9-11-23-53(44)63-54)42-30-48-43-19-8-10-22-52(43)64-58(48)51(33-42)62-49-31-39-17-6-4-15-37(39)28-46(49)47-29-38-16-5-7-18-40(38)32-50(47)62/h2-33H,1H3. The van der Waals surface area contributed by atoms with E-state index in [1.54, 1.807) is 0 Å². The number of nitrogens with zero attached hydrogens (tertiary/aromatic N) is 3. The molecule has 0 atom stereocenters. The van der Waals surface area contributed by atoms with Gasteiger partial charge in [-0.3, -0.25) is 0 Å². The lowest BCUT2D eigenvalue weighted by molar-refractivity contribution is 0.666. The minimum absolute atomic E-state index is 0.652. The van der Waals surface area contributed by atoms with Crippen LogP contribution in [0.4, 0.5) is 0 Å². The molecule has 14 aromatic rings. The molecule has 0 spiro atoms. The van der Waals surface area contributed by atoms with Crippen LogP contribution in [0.1, 0.15) is 5.56 Å². The predicted molar refractivity (Wildman–Crippen MR) is 264 cm³/mol. The summed E-state index contributed by atoms with van der Waals surface area (Å²) in [6, 6.07) is 69.0. The summed E-state index contributed by atoms with van der Waals surface area (Å²) in [7, 11) is 0. The minimum atomic E-state index is 0.652. The molecule has 0 aliphatic heterocycles. The van der Waals surface area contributed by atoms with E-state index < -0.39 is 0 Å². The third-order valence-corrected chi connectivity index (χ3v) is 13.3. The van der Waals surface area contributed by atoms with Crippen molar-refractivity contribution < 1.29 is 8.83 Å². The largest absolute Gasteiger partial charge is 0.456 e. The van der Waals surface area contributed by atoms with Crippen molar-refractivity contribution in [3.63, 3.8) is 0 Å². The molecule has 5 heteroatoms. The van der Waals surface area contributed by atoms with Gasteiger partial charge in [-0.25, -0.2) is 9.97 Å². The molecule has 298 valence electrons. The van der Waals surface area contributed by atoms with Crippen LogP contribution >= 0.6 is 0 Å². The summed E-state index contributed by atoms with van der Waals surface area (Å²) in [6.07, 6.45) is 0. The van der Waals surface area contributed by atoms with E-state index in [1.807, 2.05) is 24.3 Å². The van der Waals surface area contributed by atoms with Crippen molar-refractivity contribution >= 4 is 98.0 Å². The number of hydrogen-bond acceptors (Lipinski definition) is 4. The smallest absolute Gasteiger partial charge is 0.160 e. The molecule has 5 nitrogen and oxygen atoms in total. The fourth-order valence-electron chi connectivity index (χ4n) is 10.2. The minimum Gasteiger partial charge on any atom is -0.456 e. The zero-order chi connectivity index (χ0) is 42.0. The van der Waals surface area contributed by atoms with Gasteiger partial charge in [-0.15, -0.1) is 0 Å².